The van der Waals surface area contributed by atoms with Crippen LogP contribution in [0.1, 0.15) is 13.8 Å². The SMILES string of the molecule is CCn1c(S[C@@H](C)C(=O)Nc2ccc3c(c2)OCO3)nc2ccccc21. The fraction of sp³-hybridized carbons (Fsp3) is 0.263. The van der Waals surface area contributed by atoms with Gasteiger partial charge >= 0.3 is 0 Å². The molecule has 1 aromatic heterocycles. The number of aryl methyl sites for hydroxylation is 1. The van der Waals surface area contributed by atoms with Gasteiger partial charge in [-0.3, -0.25) is 4.79 Å². The molecule has 1 N–H and O–H groups in total. The molecule has 1 aliphatic rings. The standard InChI is InChI=1S/C19H19N3O3S/c1-3-22-15-7-5-4-6-14(15)21-19(22)26-12(2)18(23)20-13-8-9-16-17(10-13)25-11-24-16/h4-10,12H,3,11H2,1-2H3,(H,20,23)/t12-/m0/s1. The van der Waals surface area contributed by atoms with Crippen molar-refractivity contribution in [2.24, 2.45) is 0 Å². The van der Waals surface area contributed by atoms with Gasteiger partial charge in [-0.25, -0.2) is 4.98 Å². The third-order valence-corrected chi connectivity index (χ3v) is 5.32. The summed E-state index contributed by atoms with van der Waals surface area (Å²) < 4.78 is 12.8. The van der Waals surface area contributed by atoms with Crippen molar-refractivity contribution in [3.05, 3.63) is 42.5 Å². The van der Waals surface area contributed by atoms with Gasteiger partial charge in [-0.2, -0.15) is 0 Å². The Morgan fingerprint density at radius 2 is 2.08 bits per heavy atom. The number of ether oxygens (including phenoxy) is 2. The lowest BCUT2D eigenvalue weighted by atomic mass is 10.2. The van der Waals surface area contributed by atoms with Crippen LogP contribution < -0.4 is 14.8 Å². The lowest BCUT2D eigenvalue weighted by Gasteiger charge is -2.13. The maximum absolute atomic E-state index is 12.6. The number of carbonyl (C=O) groups is 1. The van der Waals surface area contributed by atoms with Crippen molar-refractivity contribution in [3.8, 4) is 11.5 Å². The minimum absolute atomic E-state index is 0.0800. The van der Waals surface area contributed by atoms with Crippen LogP contribution in [0.4, 0.5) is 5.69 Å². The highest BCUT2D eigenvalue weighted by Gasteiger charge is 2.20. The largest absolute Gasteiger partial charge is 0.454 e. The molecule has 4 rings (SSSR count). The van der Waals surface area contributed by atoms with Crippen LogP contribution in [0.2, 0.25) is 0 Å². The maximum atomic E-state index is 12.6. The number of amides is 1. The van der Waals surface area contributed by atoms with E-state index in [0.29, 0.717) is 17.2 Å². The molecule has 7 heteroatoms. The smallest absolute Gasteiger partial charge is 0.237 e. The summed E-state index contributed by atoms with van der Waals surface area (Å²) in [5.41, 5.74) is 2.72. The van der Waals surface area contributed by atoms with Crippen molar-refractivity contribution in [2.75, 3.05) is 12.1 Å². The van der Waals surface area contributed by atoms with E-state index < -0.39 is 0 Å². The maximum Gasteiger partial charge on any atom is 0.237 e. The molecule has 2 heterocycles. The number of thioether (sulfide) groups is 1. The molecule has 0 unspecified atom stereocenters. The third kappa shape index (κ3) is 3.10. The van der Waals surface area contributed by atoms with Gasteiger partial charge < -0.3 is 19.4 Å². The zero-order valence-corrected chi connectivity index (χ0v) is 15.4. The molecule has 1 amide bonds. The number of para-hydroxylation sites is 2. The summed E-state index contributed by atoms with van der Waals surface area (Å²) in [6.07, 6.45) is 0. The number of aromatic nitrogens is 2. The molecule has 1 atom stereocenters. The first-order valence-corrected chi connectivity index (χ1v) is 9.36. The number of imidazole rings is 1. The Balaban J connectivity index is 1.49. The lowest BCUT2D eigenvalue weighted by molar-refractivity contribution is -0.115. The predicted octanol–water partition coefficient (Wildman–Crippen LogP) is 3.90. The van der Waals surface area contributed by atoms with Gasteiger partial charge in [0.05, 0.1) is 16.3 Å². The van der Waals surface area contributed by atoms with E-state index >= 15 is 0 Å². The van der Waals surface area contributed by atoms with E-state index in [0.717, 1.165) is 22.7 Å². The van der Waals surface area contributed by atoms with Crippen LogP contribution in [-0.2, 0) is 11.3 Å². The second-order valence-electron chi connectivity index (χ2n) is 5.94. The fourth-order valence-corrected chi connectivity index (χ4v) is 3.87. The topological polar surface area (TPSA) is 65.4 Å². The first-order chi connectivity index (χ1) is 12.7. The summed E-state index contributed by atoms with van der Waals surface area (Å²) in [7, 11) is 0. The second kappa shape index (κ2) is 6.92. The van der Waals surface area contributed by atoms with Gasteiger partial charge in [0.2, 0.25) is 12.7 Å². The average molecular weight is 369 g/mol. The zero-order valence-electron chi connectivity index (χ0n) is 14.6. The van der Waals surface area contributed by atoms with Crippen LogP contribution in [-0.4, -0.2) is 27.5 Å². The molecule has 3 aromatic rings. The number of hydrogen-bond acceptors (Lipinski definition) is 5. The van der Waals surface area contributed by atoms with Crippen molar-refractivity contribution in [1.82, 2.24) is 9.55 Å². The van der Waals surface area contributed by atoms with E-state index in [1.807, 2.05) is 37.3 Å². The average Bonchev–Trinajstić information content (AvgIpc) is 3.24. The highest BCUT2D eigenvalue weighted by molar-refractivity contribution is 8.00. The Bertz CT molecular complexity index is 970. The van der Waals surface area contributed by atoms with Crippen molar-refractivity contribution in [2.45, 2.75) is 30.8 Å². The molecule has 134 valence electrons. The summed E-state index contributed by atoms with van der Waals surface area (Å²) in [5.74, 6) is 1.27. The Hall–Kier alpha value is -2.67. The van der Waals surface area contributed by atoms with Gasteiger partial charge in [0, 0.05) is 18.3 Å². The Kier molecular flexibility index (Phi) is 4.46. The minimum Gasteiger partial charge on any atom is -0.454 e. The number of nitrogens with one attached hydrogen (secondary N) is 1. The molecular formula is C19H19N3O3S. The van der Waals surface area contributed by atoms with Crippen molar-refractivity contribution >= 4 is 34.4 Å². The molecule has 0 spiro atoms. The Morgan fingerprint density at radius 1 is 1.27 bits per heavy atom. The Morgan fingerprint density at radius 3 is 2.92 bits per heavy atom. The number of anilines is 1. The van der Waals surface area contributed by atoms with Crippen molar-refractivity contribution in [1.29, 1.82) is 0 Å². The van der Waals surface area contributed by atoms with E-state index in [-0.39, 0.29) is 18.0 Å². The van der Waals surface area contributed by atoms with Crippen molar-refractivity contribution < 1.29 is 14.3 Å². The summed E-state index contributed by atoms with van der Waals surface area (Å²) in [5, 5.41) is 3.49. The van der Waals surface area contributed by atoms with Crippen LogP contribution in [0.25, 0.3) is 11.0 Å². The highest BCUT2D eigenvalue weighted by atomic mass is 32.2. The lowest BCUT2D eigenvalue weighted by Crippen LogP contribution is -2.22. The Labute approximate surface area is 155 Å². The second-order valence-corrected chi connectivity index (χ2v) is 7.25. The molecule has 0 aliphatic carbocycles. The molecule has 6 nitrogen and oxygen atoms in total. The van der Waals surface area contributed by atoms with Crippen LogP contribution in [0.3, 0.4) is 0 Å². The van der Waals surface area contributed by atoms with E-state index in [1.165, 1.54) is 11.8 Å². The molecular weight excluding hydrogens is 350 g/mol. The van der Waals surface area contributed by atoms with Gasteiger partial charge in [0.1, 0.15) is 0 Å². The van der Waals surface area contributed by atoms with Crippen LogP contribution in [0.5, 0.6) is 11.5 Å². The molecule has 0 saturated carbocycles. The first-order valence-electron chi connectivity index (χ1n) is 8.48. The van der Waals surface area contributed by atoms with E-state index in [2.05, 4.69) is 21.8 Å². The molecule has 2 aromatic carbocycles. The van der Waals surface area contributed by atoms with E-state index in [4.69, 9.17) is 9.47 Å². The van der Waals surface area contributed by atoms with Gasteiger partial charge in [0.25, 0.3) is 0 Å². The molecule has 0 bridgehead atoms. The highest BCUT2D eigenvalue weighted by Crippen LogP contribution is 2.34. The minimum atomic E-state index is -0.289. The van der Waals surface area contributed by atoms with Crippen LogP contribution >= 0.6 is 11.8 Å². The number of benzene rings is 2. The normalized spacial score (nSPS) is 13.8. The molecule has 26 heavy (non-hydrogen) atoms. The number of hydrogen-bond donors (Lipinski definition) is 1. The van der Waals surface area contributed by atoms with Gasteiger partial charge in [-0.1, -0.05) is 23.9 Å². The summed E-state index contributed by atoms with van der Waals surface area (Å²) >= 11 is 1.46. The van der Waals surface area contributed by atoms with Gasteiger partial charge in [-0.15, -0.1) is 0 Å². The van der Waals surface area contributed by atoms with Gasteiger partial charge in [0.15, 0.2) is 16.7 Å². The first kappa shape index (κ1) is 16.8. The van der Waals surface area contributed by atoms with E-state index in [1.54, 1.807) is 12.1 Å². The quantitative estimate of drug-likeness (QED) is 0.691. The summed E-state index contributed by atoms with van der Waals surface area (Å²) in [6, 6.07) is 13.4. The van der Waals surface area contributed by atoms with E-state index in [9.17, 15) is 4.79 Å². The third-order valence-electron chi connectivity index (χ3n) is 4.23. The molecule has 1 aliphatic heterocycles. The monoisotopic (exact) mass is 369 g/mol. The summed E-state index contributed by atoms with van der Waals surface area (Å²) in [4.78, 5) is 17.3. The number of rotatable bonds is 5. The number of nitrogens with zero attached hydrogens (tertiary/aromatic N) is 2. The number of carbonyl (C=O) groups excluding carboxylic acids is 1. The molecule has 0 radical (unpaired) electrons. The molecule has 0 saturated heterocycles. The predicted molar refractivity (Wildman–Crippen MR) is 102 cm³/mol. The summed E-state index contributed by atoms with van der Waals surface area (Å²) in [6.45, 7) is 4.98. The van der Waals surface area contributed by atoms with Crippen LogP contribution in [0.15, 0.2) is 47.6 Å². The number of fused-ring (bicyclic) bond motifs is 2. The van der Waals surface area contributed by atoms with Crippen LogP contribution in [0, 0.1) is 0 Å². The zero-order chi connectivity index (χ0) is 18.1. The van der Waals surface area contributed by atoms with Gasteiger partial charge in [-0.05, 0) is 38.1 Å². The molecule has 0 fully saturated rings. The van der Waals surface area contributed by atoms with Crippen molar-refractivity contribution in [3.63, 3.8) is 0 Å². The fourth-order valence-electron chi connectivity index (χ4n) is 2.88.